The fourth-order valence-corrected chi connectivity index (χ4v) is 3.11. The molecular formula is C13H16NO4P. The lowest BCUT2D eigenvalue weighted by molar-refractivity contribution is 0.101. The fraction of sp³-hybridized carbons (Fsp3) is 0.308. The van der Waals surface area contributed by atoms with Crippen molar-refractivity contribution in [3.63, 3.8) is 0 Å². The van der Waals surface area contributed by atoms with Gasteiger partial charge in [-0.15, -0.1) is 0 Å². The predicted molar refractivity (Wildman–Crippen MR) is 73.6 cm³/mol. The van der Waals surface area contributed by atoms with Crippen molar-refractivity contribution in [3.05, 3.63) is 36.0 Å². The number of fused-ring (bicyclic) bond motifs is 1. The number of nitrogens with zero attached hydrogens (tertiary/aromatic N) is 1. The summed E-state index contributed by atoms with van der Waals surface area (Å²) >= 11 is 0. The van der Waals surface area contributed by atoms with Crippen LogP contribution in [0.25, 0.3) is 10.9 Å². The Labute approximate surface area is 111 Å². The van der Waals surface area contributed by atoms with Crippen molar-refractivity contribution in [2.45, 2.75) is 6.92 Å². The third kappa shape index (κ3) is 2.95. The molecule has 6 heteroatoms. The van der Waals surface area contributed by atoms with Crippen LogP contribution < -0.4 is 0 Å². The van der Waals surface area contributed by atoms with Gasteiger partial charge in [-0.05, 0) is 13.0 Å². The Balaban J connectivity index is 2.35. The monoisotopic (exact) mass is 281 g/mol. The van der Waals surface area contributed by atoms with Gasteiger partial charge in [0.2, 0.25) is 0 Å². The van der Waals surface area contributed by atoms with Gasteiger partial charge in [0.1, 0.15) is 6.16 Å². The molecule has 19 heavy (non-hydrogen) atoms. The van der Waals surface area contributed by atoms with E-state index >= 15 is 0 Å². The Morgan fingerprint density at radius 1 is 1.42 bits per heavy atom. The average molecular weight is 281 g/mol. The minimum absolute atomic E-state index is 0.108. The zero-order valence-corrected chi connectivity index (χ0v) is 11.8. The van der Waals surface area contributed by atoms with Crippen LogP contribution in [0.3, 0.4) is 0 Å². The molecule has 1 heterocycles. The number of ketones is 1. The van der Waals surface area contributed by atoms with Crippen molar-refractivity contribution in [1.82, 2.24) is 4.57 Å². The molecule has 1 aromatic heterocycles. The van der Waals surface area contributed by atoms with Crippen molar-refractivity contribution in [2.24, 2.45) is 7.05 Å². The van der Waals surface area contributed by atoms with Gasteiger partial charge in [0, 0.05) is 29.7 Å². The highest BCUT2D eigenvalue weighted by molar-refractivity contribution is 7.53. The Kier molecular flexibility index (Phi) is 3.90. The zero-order valence-electron chi connectivity index (χ0n) is 10.9. The molecule has 1 atom stereocenters. The summed E-state index contributed by atoms with van der Waals surface area (Å²) in [6, 6.07) is 7.44. The summed E-state index contributed by atoms with van der Waals surface area (Å²) in [6.45, 7) is 1.72. The van der Waals surface area contributed by atoms with Crippen LogP contribution in [0.4, 0.5) is 0 Å². The average Bonchev–Trinajstić information content (AvgIpc) is 2.67. The molecule has 0 saturated carbocycles. The first-order chi connectivity index (χ1) is 8.94. The zero-order chi connectivity index (χ0) is 14.0. The molecule has 0 fully saturated rings. The Morgan fingerprint density at radius 3 is 2.79 bits per heavy atom. The molecule has 1 unspecified atom stereocenters. The molecule has 0 spiro atoms. The number of para-hydroxylation sites is 1. The molecule has 0 radical (unpaired) electrons. The summed E-state index contributed by atoms with van der Waals surface area (Å²) in [5.41, 5.74) is 1.36. The molecule has 0 bridgehead atoms. The second-order valence-electron chi connectivity index (χ2n) is 4.31. The van der Waals surface area contributed by atoms with Gasteiger partial charge in [-0.1, -0.05) is 18.2 Å². The summed E-state index contributed by atoms with van der Waals surface area (Å²) in [5, 5.41) is 0.784. The van der Waals surface area contributed by atoms with E-state index in [0.29, 0.717) is 5.56 Å². The van der Waals surface area contributed by atoms with Gasteiger partial charge in [-0.3, -0.25) is 9.36 Å². The third-order valence-electron chi connectivity index (χ3n) is 2.87. The van der Waals surface area contributed by atoms with Crippen LogP contribution in [0.5, 0.6) is 0 Å². The summed E-state index contributed by atoms with van der Waals surface area (Å²) in [5.74, 6) is -0.379. The predicted octanol–water partition coefficient (Wildman–Crippen LogP) is 2.58. The van der Waals surface area contributed by atoms with Crippen LogP contribution in [0, 0.1) is 0 Å². The molecule has 2 aromatic rings. The Bertz CT molecular complexity index is 662. The second kappa shape index (κ2) is 5.29. The third-order valence-corrected chi connectivity index (χ3v) is 4.22. The van der Waals surface area contributed by atoms with E-state index in [0.717, 1.165) is 10.9 Å². The molecular weight excluding hydrogens is 265 g/mol. The second-order valence-corrected chi connectivity index (χ2v) is 6.16. The maximum absolute atomic E-state index is 12.1. The summed E-state index contributed by atoms with van der Waals surface area (Å²) < 4.78 is 18.2. The van der Waals surface area contributed by atoms with Crippen molar-refractivity contribution in [3.8, 4) is 0 Å². The SMILES string of the molecule is CCOP(=O)(O)CC(=O)c1cn(C)c2ccccc12. The molecule has 0 aliphatic rings. The number of carbonyl (C=O) groups is 1. The van der Waals surface area contributed by atoms with E-state index in [1.807, 2.05) is 35.9 Å². The normalized spacial score (nSPS) is 14.5. The molecule has 102 valence electrons. The van der Waals surface area contributed by atoms with Crippen molar-refractivity contribution < 1.29 is 18.8 Å². The van der Waals surface area contributed by atoms with Gasteiger partial charge >= 0.3 is 7.60 Å². The van der Waals surface area contributed by atoms with Gasteiger partial charge in [0.05, 0.1) is 6.61 Å². The molecule has 0 aliphatic heterocycles. The number of rotatable bonds is 5. The molecule has 2 rings (SSSR count). The van der Waals surface area contributed by atoms with E-state index in [1.165, 1.54) is 0 Å². The lowest BCUT2D eigenvalue weighted by atomic mass is 10.1. The number of aromatic nitrogens is 1. The number of Topliss-reactive ketones (excluding diaryl/α,β-unsaturated/α-hetero) is 1. The fourth-order valence-electron chi connectivity index (χ4n) is 2.08. The van der Waals surface area contributed by atoms with Gasteiger partial charge in [0.15, 0.2) is 5.78 Å². The van der Waals surface area contributed by atoms with Gasteiger partial charge < -0.3 is 14.0 Å². The van der Waals surface area contributed by atoms with Crippen LogP contribution >= 0.6 is 7.60 Å². The van der Waals surface area contributed by atoms with Crippen molar-refractivity contribution in [2.75, 3.05) is 12.8 Å². The van der Waals surface area contributed by atoms with E-state index in [9.17, 15) is 14.3 Å². The molecule has 0 amide bonds. The summed E-state index contributed by atoms with van der Waals surface area (Å²) in [7, 11) is -2.01. The topological polar surface area (TPSA) is 68.5 Å². The smallest absolute Gasteiger partial charge is 0.335 e. The first-order valence-corrected chi connectivity index (χ1v) is 7.74. The highest BCUT2D eigenvalue weighted by Crippen LogP contribution is 2.42. The van der Waals surface area contributed by atoms with Gasteiger partial charge in [-0.25, -0.2) is 0 Å². The van der Waals surface area contributed by atoms with E-state index in [1.54, 1.807) is 13.1 Å². The van der Waals surface area contributed by atoms with Crippen molar-refractivity contribution >= 4 is 24.3 Å². The molecule has 5 nitrogen and oxygen atoms in total. The number of aryl methyl sites for hydroxylation is 1. The van der Waals surface area contributed by atoms with Crippen LogP contribution in [-0.2, 0) is 16.1 Å². The minimum atomic E-state index is -3.84. The highest BCUT2D eigenvalue weighted by Gasteiger charge is 2.26. The van der Waals surface area contributed by atoms with E-state index < -0.39 is 13.8 Å². The first-order valence-electron chi connectivity index (χ1n) is 5.98. The van der Waals surface area contributed by atoms with Crippen molar-refractivity contribution in [1.29, 1.82) is 0 Å². The molecule has 1 N–H and O–H groups in total. The molecule has 1 aromatic carbocycles. The maximum Gasteiger partial charge on any atom is 0.335 e. The lowest BCUT2D eigenvalue weighted by Crippen LogP contribution is -2.07. The highest BCUT2D eigenvalue weighted by atomic mass is 31.2. The largest absolute Gasteiger partial charge is 0.350 e. The minimum Gasteiger partial charge on any atom is -0.350 e. The first kappa shape index (κ1) is 14.0. The Hall–Kier alpha value is -1.42. The maximum atomic E-state index is 12.1. The van der Waals surface area contributed by atoms with Crippen LogP contribution in [-0.4, -0.2) is 28.0 Å². The van der Waals surface area contributed by atoms with Crippen LogP contribution in [0.15, 0.2) is 30.5 Å². The Morgan fingerprint density at radius 2 is 2.11 bits per heavy atom. The molecule has 0 aliphatic carbocycles. The quantitative estimate of drug-likeness (QED) is 0.675. The summed E-state index contributed by atoms with van der Waals surface area (Å²) in [4.78, 5) is 21.7. The van der Waals surface area contributed by atoms with Crippen LogP contribution in [0.2, 0.25) is 0 Å². The van der Waals surface area contributed by atoms with Gasteiger partial charge in [0.25, 0.3) is 0 Å². The number of hydrogen-bond acceptors (Lipinski definition) is 3. The molecule has 0 saturated heterocycles. The summed E-state index contributed by atoms with van der Waals surface area (Å²) in [6.07, 6.45) is 1.19. The van der Waals surface area contributed by atoms with Gasteiger partial charge in [-0.2, -0.15) is 0 Å². The number of carbonyl (C=O) groups excluding carboxylic acids is 1. The van der Waals surface area contributed by atoms with Crippen LogP contribution in [0.1, 0.15) is 17.3 Å². The lowest BCUT2D eigenvalue weighted by Gasteiger charge is -2.09. The number of benzene rings is 1. The number of hydrogen-bond donors (Lipinski definition) is 1. The van der Waals surface area contributed by atoms with E-state index in [4.69, 9.17) is 4.52 Å². The van der Waals surface area contributed by atoms with E-state index in [2.05, 4.69) is 0 Å². The standard InChI is InChI=1S/C13H16NO4P/c1-3-18-19(16,17)9-13(15)11-8-14(2)12-7-5-4-6-10(11)12/h4-8H,3,9H2,1-2H3,(H,16,17). The van der Waals surface area contributed by atoms with E-state index in [-0.39, 0.29) is 12.4 Å².